The second-order valence-electron chi connectivity index (χ2n) is 7.34. The highest BCUT2D eigenvalue weighted by atomic mass is 19.4. The molecule has 1 aliphatic carbocycles. The Morgan fingerprint density at radius 2 is 1.61 bits per heavy atom. The molecule has 0 saturated carbocycles. The minimum absolute atomic E-state index is 0.165. The number of allylic oxidation sites excluding steroid dienone is 2. The second kappa shape index (κ2) is 7.20. The summed E-state index contributed by atoms with van der Waals surface area (Å²) in [6.45, 7) is 0. The standard InChI is InChI=1S/C26H18F3NO/c1-31-20-11-12-21-19(15-20)16-22(26(27,28)29)24(21)25(18-8-3-2-4-9-18)30-14-13-17-7-5-6-10-23(17)30/h2-16H,1H3/b25-24-. The van der Waals surface area contributed by atoms with E-state index in [2.05, 4.69) is 0 Å². The summed E-state index contributed by atoms with van der Waals surface area (Å²) in [5.74, 6) is 0.519. The van der Waals surface area contributed by atoms with Gasteiger partial charge in [0.25, 0.3) is 0 Å². The third kappa shape index (κ3) is 3.22. The van der Waals surface area contributed by atoms with Gasteiger partial charge in [-0.1, -0.05) is 54.6 Å². The molecule has 2 nitrogen and oxygen atoms in total. The Hall–Kier alpha value is -3.73. The SMILES string of the molecule is COc1ccc2c(c1)C=C(C(F)(F)F)/C2=C(/c1ccccc1)n1ccc2ccccc21. The number of aromatic nitrogens is 1. The van der Waals surface area contributed by atoms with Crippen molar-refractivity contribution >= 4 is 28.2 Å². The Balaban J connectivity index is 1.90. The van der Waals surface area contributed by atoms with Crippen molar-refractivity contribution < 1.29 is 17.9 Å². The van der Waals surface area contributed by atoms with Crippen molar-refractivity contribution in [1.82, 2.24) is 4.57 Å². The Labute approximate surface area is 177 Å². The summed E-state index contributed by atoms with van der Waals surface area (Å²) in [7, 11) is 1.50. The van der Waals surface area contributed by atoms with Crippen molar-refractivity contribution in [1.29, 1.82) is 0 Å². The summed E-state index contributed by atoms with van der Waals surface area (Å²) in [5, 5.41) is 0.960. The lowest BCUT2D eigenvalue weighted by Gasteiger charge is -2.20. The Morgan fingerprint density at radius 1 is 0.871 bits per heavy atom. The number of para-hydroxylation sites is 1. The molecule has 4 aromatic rings. The first-order chi connectivity index (χ1) is 15.0. The van der Waals surface area contributed by atoms with E-state index in [9.17, 15) is 13.2 Å². The summed E-state index contributed by atoms with van der Waals surface area (Å²) in [6.07, 6.45) is -1.47. The molecule has 1 aromatic heterocycles. The maximum atomic E-state index is 14.2. The van der Waals surface area contributed by atoms with E-state index in [1.807, 2.05) is 71.4 Å². The van der Waals surface area contributed by atoms with Gasteiger partial charge >= 0.3 is 6.18 Å². The van der Waals surface area contributed by atoms with E-state index < -0.39 is 11.7 Å². The number of methoxy groups -OCH3 is 1. The van der Waals surface area contributed by atoms with Crippen LogP contribution in [0, 0.1) is 0 Å². The quantitative estimate of drug-likeness (QED) is 0.349. The molecular weight excluding hydrogens is 399 g/mol. The Bertz CT molecular complexity index is 1340. The summed E-state index contributed by atoms with van der Waals surface area (Å²) >= 11 is 0. The van der Waals surface area contributed by atoms with Gasteiger partial charge in [-0.15, -0.1) is 0 Å². The maximum absolute atomic E-state index is 14.2. The van der Waals surface area contributed by atoms with Crippen molar-refractivity contribution in [2.75, 3.05) is 7.11 Å². The second-order valence-corrected chi connectivity index (χ2v) is 7.34. The highest BCUT2D eigenvalue weighted by Gasteiger charge is 2.41. The van der Waals surface area contributed by atoms with Crippen LogP contribution in [-0.4, -0.2) is 17.9 Å². The first kappa shape index (κ1) is 19.2. The van der Waals surface area contributed by atoms with E-state index in [4.69, 9.17) is 4.74 Å². The van der Waals surface area contributed by atoms with Gasteiger partial charge in [0, 0.05) is 11.8 Å². The van der Waals surface area contributed by atoms with E-state index in [-0.39, 0.29) is 5.57 Å². The molecule has 0 aliphatic heterocycles. The van der Waals surface area contributed by atoms with Gasteiger partial charge in [0.2, 0.25) is 0 Å². The summed E-state index contributed by atoms with van der Waals surface area (Å²) in [5.41, 5.74) is 2.57. The molecule has 0 atom stereocenters. The predicted octanol–water partition coefficient (Wildman–Crippen LogP) is 7.03. The zero-order chi connectivity index (χ0) is 21.6. The van der Waals surface area contributed by atoms with Gasteiger partial charge in [0.05, 0.1) is 23.9 Å². The fourth-order valence-corrected chi connectivity index (χ4v) is 4.14. The monoisotopic (exact) mass is 417 g/mol. The molecule has 5 heteroatoms. The number of fused-ring (bicyclic) bond motifs is 2. The van der Waals surface area contributed by atoms with Crippen LogP contribution in [0.15, 0.2) is 90.6 Å². The van der Waals surface area contributed by atoms with Crippen LogP contribution < -0.4 is 4.74 Å². The molecule has 0 saturated heterocycles. The third-order valence-corrected chi connectivity index (χ3v) is 5.53. The number of ether oxygens (including phenoxy) is 1. The van der Waals surface area contributed by atoms with Crippen LogP contribution in [0.5, 0.6) is 5.75 Å². The van der Waals surface area contributed by atoms with Gasteiger partial charge in [-0.05, 0) is 52.4 Å². The predicted molar refractivity (Wildman–Crippen MR) is 118 cm³/mol. The van der Waals surface area contributed by atoms with Crippen LogP contribution in [0.4, 0.5) is 13.2 Å². The van der Waals surface area contributed by atoms with E-state index in [0.717, 1.165) is 10.9 Å². The van der Waals surface area contributed by atoms with E-state index in [1.54, 1.807) is 18.2 Å². The Kier molecular flexibility index (Phi) is 4.47. The fourth-order valence-electron chi connectivity index (χ4n) is 4.14. The first-order valence-electron chi connectivity index (χ1n) is 9.81. The topological polar surface area (TPSA) is 14.2 Å². The van der Waals surface area contributed by atoms with Crippen LogP contribution >= 0.6 is 0 Å². The minimum Gasteiger partial charge on any atom is -0.497 e. The van der Waals surface area contributed by atoms with Crippen LogP contribution in [0.2, 0.25) is 0 Å². The number of alkyl halides is 3. The summed E-state index contributed by atoms with van der Waals surface area (Å²) < 4.78 is 49.8. The normalized spacial score (nSPS) is 15.0. The zero-order valence-corrected chi connectivity index (χ0v) is 16.6. The molecule has 0 amide bonds. The summed E-state index contributed by atoms with van der Waals surface area (Å²) in [6, 6.07) is 23.8. The summed E-state index contributed by atoms with van der Waals surface area (Å²) in [4.78, 5) is 0. The van der Waals surface area contributed by atoms with Crippen molar-refractivity contribution in [3.05, 3.63) is 107 Å². The zero-order valence-electron chi connectivity index (χ0n) is 16.6. The molecule has 0 bridgehead atoms. The smallest absolute Gasteiger partial charge is 0.417 e. The lowest BCUT2D eigenvalue weighted by molar-refractivity contribution is -0.0859. The highest BCUT2D eigenvalue weighted by molar-refractivity contribution is 6.08. The van der Waals surface area contributed by atoms with E-state index in [1.165, 1.54) is 13.2 Å². The molecule has 1 heterocycles. The molecule has 0 N–H and O–H groups in total. The maximum Gasteiger partial charge on any atom is 0.417 e. The number of hydrogen-bond donors (Lipinski definition) is 0. The van der Waals surface area contributed by atoms with Gasteiger partial charge in [0.1, 0.15) is 5.75 Å². The van der Waals surface area contributed by atoms with Gasteiger partial charge in [-0.3, -0.25) is 0 Å². The lowest BCUT2D eigenvalue weighted by atomic mass is 9.96. The molecule has 0 spiro atoms. The molecule has 0 fully saturated rings. The van der Waals surface area contributed by atoms with Gasteiger partial charge in [0.15, 0.2) is 0 Å². The molecule has 1 aliphatic rings. The number of halogens is 3. The average molecular weight is 417 g/mol. The van der Waals surface area contributed by atoms with Gasteiger partial charge in [-0.2, -0.15) is 13.2 Å². The first-order valence-corrected chi connectivity index (χ1v) is 9.81. The molecule has 5 rings (SSSR count). The fraction of sp³-hybridized carbons (Fsp3) is 0.0769. The number of hydrogen-bond acceptors (Lipinski definition) is 1. The minimum atomic E-state index is -4.51. The van der Waals surface area contributed by atoms with Crippen LogP contribution in [0.25, 0.3) is 28.2 Å². The molecule has 3 aromatic carbocycles. The number of rotatable bonds is 3. The number of nitrogens with zero attached hydrogens (tertiary/aromatic N) is 1. The van der Waals surface area contributed by atoms with Crippen molar-refractivity contribution in [3.63, 3.8) is 0 Å². The van der Waals surface area contributed by atoms with Crippen LogP contribution in [0.1, 0.15) is 16.7 Å². The third-order valence-electron chi connectivity index (χ3n) is 5.53. The molecular formula is C26H18F3NO. The molecule has 31 heavy (non-hydrogen) atoms. The Morgan fingerprint density at radius 3 is 2.35 bits per heavy atom. The highest BCUT2D eigenvalue weighted by Crippen LogP contribution is 2.48. The van der Waals surface area contributed by atoms with Crippen molar-refractivity contribution in [2.45, 2.75) is 6.18 Å². The van der Waals surface area contributed by atoms with E-state index in [0.29, 0.717) is 28.1 Å². The molecule has 154 valence electrons. The van der Waals surface area contributed by atoms with Gasteiger partial charge < -0.3 is 9.30 Å². The molecule has 0 unspecified atom stereocenters. The van der Waals surface area contributed by atoms with E-state index >= 15 is 0 Å². The molecule has 0 radical (unpaired) electrons. The average Bonchev–Trinajstić information content (AvgIpc) is 3.37. The number of benzene rings is 3. The van der Waals surface area contributed by atoms with Gasteiger partial charge in [-0.25, -0.2) is 0 Å². The van der Waals surface area contributed by atoms with Crippen LogP contribution in [-0.2, 0) is 0 Å². The lowest BCUT2D eigenvalue weighted by Crippen LogP contribution is -2.13. The largest absolute Gasteiger partial charge is 0.497 e. The van der Waals surface area contributed by atoms with Crippen molar-refractivity contribution in [3.8, 4) is 5.75 Å². The van der Waals surface area contributed by atoms with Crippen LogP contribution in [0.3, 0.4) is 0 Å². The van der Waals surface area contributed by atoms with Crippen molar-refractivity contribution in [2.24, 2.45) is 0 Å².